The second-order valence-electron chi connectivity index (χ2n) is 5.33. The molecule has 1 aromatic rings. The highest BCUT2D eigenvalue weighted by Gasteiger charge is 2.20. The van der Waals surface area contributed by atoms with Crippen LogP contribution in [0.2, 0.25) is 5.02 Å². The van der Waals surface area contributed by atoms with Gasteiger partial charge in [0, 0.05) is 16.6 Å². The predicted octanol–water partition coefficient (Wildman–Crippen LogP) is 3.82. The summed E-state index contributed by atoms with van der Waals surface area (Å²) in [6.45, 7) is 0. The molecule has 1 saturated carbocycles. The van der Waals surface area contributed by atoms with Crippen LogP contribution < -0.4 is 16.0 Å². The van der Waals surface area contributed by atoms with Crippen LogP contribution in [0.5, 0.6) is 5.75 Å². The predicted molar refractivity (Wildman–Crippen MR) is 79.3 cm³/mol. The molecule has 4 heteroatoms. The monoisotopic (exact) mass is 282 g/mol. The van der Waals surface area contributed by atoms with Crippen molar-refractivity contribution in [2.24, 2.45) is 11.8 Å². The average Bonchev–Trinajstić information content (AvgIpc) is 2.93. The van der Waals surface area contributed by atoms with Gasteiger partial charge in [-0.05, 0) is 37.0 Å². The number of nitrogens with two attached hydrogens (primary N) is 1. The topological polar surface area (TPSA) is 47.3 Å². The SMILES string of the molecule is COc1ccc(Cl)cc1C(CCC1CCCC1)NN. The third kappa shape index (κ3) is 3.85. The largest absolute Gasteiger partial charge is 0.496 e. The van der Waals surface area contributed by atoms with Gasteiger partial charge in [0.1, 0.15) is 5.75 Å². The van der Waals surface area contributed by atoms with Crippen LogP contribution in [0.25, 0.3) is 0 Å². The molecular weight excluding hydrogens is 260 g/mol. The summed E-state index contributed by atoms with van der Waals surface area (Å²) in [6.07, 6.45) is 7.73. The molecule has 1 aromatic carbocycles. The summed E-state index contributed by atoms with van der Waals surface area (Å²) in [5.74, 6) is 7.42. The molecule has 1 atom stereocenters. The van der Waals surface area contributed by atoms with Crippen LogP contribution in [-0.2, 0) is 0 Å². The van der Waals surface area contributed by atoms with E-state index in [2.05, 4.69) is 5.43 Å². The van der Waals surface area contributed by atoms with Gasteiger partial charge in [-0.3, -0.25) is 11.3 Å². The Bertz CT molecular complexity index is 405. The van der Waals surface area contributed by atoms with Crippen LogP contribution in [-0.4, -0.2) is 7.11 Å². The minimum Gasteiger partial charge on any atom is -0.496 e. The Hall–Kier alpha value is -0.770. The van der Waals surface area contributed by atoms with Crippen molar-refractivity contribution >= 4 is 11.6 Å². The number of halogens is 1. The van der Waals surface area contributed by atoms with Crippen LogP contribution >= 0.6 is 11.6 Å². The van der Waals surface area contributed by atoms with E-state index in [-0.39, 0.29) is 6.04 Å². The maximum absolute atomic E-state index is 6.08. The van der Waals surface area contributed by atoms with E-state index in [0.717, 1.165) is 28.7 Å². The van der Waals surface area contributed by atoms with E-state index in [1.54, 1.807) is 7.11 Å². The number of hydrogen-bond acceptors (Lipinski definition) is 3. The lowest BCUT2D eigenvalue weighted by Crippen LogP contribution is -2.28. The lowest BCUT2D eigenvalue weighted by Gasteiger charge is -2.21. The molecule has 0 amide bonds. The van der Waals surface area contributed by atoms with Gasteiger partial charge in [-0.15, -0.1) is 0 Å². The smallest absolute Gasteiger partial charge is 0.123 e. The van der Waals surface area contributed by atoms with Crippen molar-refractivity contribution in [2.75, 3.05) is 7.11 Å². The van der Waals surface area contributed by atoms with E-state index < -0.39 is 0 Å². The molecule has 0 saturated heterocycles. The van der Waals surface area contributed by atoms with Crippen molar-refractivity contribution < 1.29 is 4.74 Å². The molecule has 1 unspecified atom stereocenters. The Morgan fingerprint density at radius 3 is 2.79 bits per heavy atom. The van der Waals surface area contributed by atoms with Crippen molar-refractivity contribution in [2.45, 2.75) is 44.6 Å². The first-order valence-corrected chi connectivity index (χ1v) is 7.42. The Balaban J connectivity index is 2.05. The van der Waals surface area contributed by atoms with Crippen molar-refractivity contribution in [3.63, 3.8) is 0 Å². The molecule has 0 aromatic heterocycles. The Kier molecular flexibility index (Phi) is 5.49. The minimum absolute atomic E-state index is 0.106. The Morgan fingerprint density at radius 1 is 1.42 bits per heavy atom. The fourth-order valence-corrected chi connectivity index (χ4v) is 3.19. The van der Waals surface area contributed by atoms with Gasteiger partial charge in [-0.1, -0.05) is 37.3 Å². The lowest BCUT2D eigenvalue weighted by molar-refractivity contribution is 0.380. The van der Waals surface area contributed by atoms with Gasteiger partial charge < -0.3 is 4.74 Å². The minimum atomic E-state index is 0.106. The van der Waals surface area contributed by atoms with Crippen molar-refractivity contribution in [1.29, 1.82) is 0 Å². The summed E-state index contributed by atoms with van der Waals surface area (Å²) >= 11 is 6.08. The van der Waals surface area contributed by atoms with Crippen LogP contribution in [0.4, 0.5) is 0 Å². The van der Waals surface area contributed by atoms with Gasteiger partial charge in [-0.2, -0.15) is 0 Å². The van der Waals surface area contributed by atoms with E-state index in [1.807, 2.05) is 18.2 Å². The average molecular weight is 283 g/mol. The molecule has 3 nitrogen and oxygen atoms in total. The second kappa shape index (κ2) is 7.13. The van der Waals surface area contributed by atoms with Crippen molar-refractivity contribution in [1.82, 2.24) is 5.43 Å². The fourth-order valence-electron chi connectivity index (χ4n) is 3.01. The normalized spacial score (nSPS) is 17.6. The first kappa shape index (κ1) is 14.6. The molecule has 0 spiro atoms. The highest BCUT2D eigenvalue weighted by Crippen LogP contribution is 2.34. The molecule has 0 heterocycles. The van der Waals surface area contributed by atoms with E-state index >= 15 is 0 Å². The van der Waals surface area contributed by atoms with Gasteiger partial charge >= 0.3 is 0 Å². The molecule has 19 heavy (non-hydrogen) atoms. The third-order valence-electron chi connectivity index (χ3n) is 4.11. The first-order chi connectivity index (χ1) is 9.24. The van der Waals surface area contributed by atoms with Crippen molar-refractivity contribution in [3.8, 4) is 5.75 Å². The van der Waals surface area contributed by atoms with Crippen LogP contribution in [0, 0.1) is 5.92 Å². The summed E-state index contributed by atoms with van der Waals surface area (Å²) in [6, 6.07) is 5.79. The number of rotatable bonds is 6. The number of ether oxygens (including phenoxy) is 1. The highest BCUT2D eigenvalue weighted by atomic mass is 35.5. The van der Waals surface area contributed by atoms with Gasteiger partial charge in [0.05, 0.1) is 7.11 Å². The summed E-state index contributed by atoms with van der Waals surface area (Å²) in [5.41, 5.74) is 3.96. The van der Waals surface area contributed by atoms with E-state index in [4.69, 9.17) is 22.2 Å². The quantitative estimate of drug-likeness (QED) is 0.616. The molecule has 1 aliphatic rings. The standard InChI is InChI=1S/C15H23ClN2O/c1-19-15-9-7-12(16)10-13(15)14(18-17)8-6-11-4-2-3-5-11/h7,9-11,14,18H,2-6,8,17H2,1H3. The number of hydrogen-bond donors (Lipinski definition) is 2. The summed E-state index contributed by atoms with van der Waals surface area (Å²) < 4.78 is 5.40. The maximum atomic E-state index is 6.08. The Labute approximate surface area is 120 Å². The van der Waals surface area contributed by atoms with Gasteiger partial charge in [-0.25, -0.2) is 0 Å². The molecule has 1 fully saturated rings. The Morgan fingerprint density at radius 2 is 2.16 bits per heavy atom. The van der Waals surface area contributed by atoms with Crippen LogP contribution in [0.3, 0.4) is 0 Å². The molecule has 2 rings (SSSR count). The molecule has 0 radical (unpaired) electrons. The first-order valence-electron chi connectivity index (χ1n) is 7.04. The molecule has 1 aliphatic carbocycles. The molecule has 3 N–H and O–H groups in total. The highest BCUT2D eigenvalue weighted by molar-refractivity contribution is 6.30. The van der Waals surface area contributed by atoms with E-state index in [1.165, 1.54) is 32.1 Å². The van der Waals surface area contributed by atoms with Gasteiger partial charge in [0.25, 0.3) is 0 Å². The maximum Gasteiger partial charge on any atom is 0.123 e. The van der Waals surface area contributed by atoms with Gasteiger partial charge in [0.15, 0.2) is 0 Å². The molecular formula is C15H23ClN2O. The fraction of sp³-hybridized carbons (Fsp3) is 0.600. The zero-order valence-electron chi connectivity index (χ0n) is 11.5. The number of nitrogens with one attached hydrogen (secondary N) is 1. The summed E-state index contributed by atoms with van der Waals surface area (Å²) in [7, 11) is 1.68. The third-order valence-corrected chi connectivity index (χ3v) is 4.34. The lowest BCUT2D eigenvalue weighted by atomic mass is 9.94. The number of hydrazine groups is 1. The zero-order valence-corrected chi connectivity index (χ0v) is 12.2. The molecule has 0 aliphatic heterocycles. The van der Waals surface area contributed by atoms with E-state index in [0.29, 0.717) is 0 Å². The number of benzene rings is 1. The van der Waals surface area contributed by atoms with Gasteiger partial charge in [0.2, 0.25) is 0 Å². The van der Waals surface area contributed by atoms with E-state index in [9.17, 15) is 0 Å². The molecule has 0 bridgehead atoms. The second-order valence-corrected chi connectivity index (χ2v) is 5.77. The number of methoxy groups -OCH3 is 1. The van der Waals surface area contributed by atoms with Crippen molar-refractivity contribution in [3.05, 3.63) is 28.8 Å². The molecule has 106 valence electrons. The zero-order chi connectivity index (χ0) is 13.7. The summed E-state index contributed by atoms with van der Waals surface area (Å²) in [5, 5.41) is 0.719. The van der Waals surface area contributed by atoms with Crippen LogP contribution in [0.15, 0.2) is 18.2 Å². The summed E-state index contributed by atoms with van der Waals surface area (Å²) in [4.78, 5) is 0. The van der Waals surface area contributed by atoms with Crippen LogP contribution in [0.1, 0.15) is 50.1 Å².